The van der Waals surface area contributed by atoms with E-state index < -0.39 is 0 Å². The van der Waals surface area contributed by atoms with E-state index in [9.17, 15) is 4.79 Å². The van der Waals surface area contributed by atoms with Gasteiger partial charge < -0.3 is 20.3 Å². The molecule has 2 N–H and O–H groups in total. The third-order valence-corrected chi connectivity index (χ3v) is 4.88. The highest BCUT2D eigenvalue weighted by atomic mass is 32.1. The number of hydrogen-bond acceptors (Lipinski definition) is 6. The van der Waals surface area contributed by atoms with Crippen LogP contribution in [0.2, 0.25) is 0 Å². The van der Waals surface area contributed by atoms with Crippen molar-refractivity contribution in [1.29, 1.82) is 0 Å². The summed E-state index contributed by atoms with van der Waals surface area (Å²) in [7, 11) is 3.75. The lowest BCUT2D eigenvalue weighted by Crippen LogP contribution is -2.27. The average Bonchev–Trinajstić information content (AvgIpc) is 3.15. The van der Waals surface area contributed by atoms with Crippen molar-refractivity contribution in [3.05, 3.63) is 76.2 Å². The van der Waals surface area contributed by atoms with Crippen molar-refractivity contribution in [2.24, 2.45) is 0 Å². The summed E-state index contributed by atoms with van der Waals surface area (Å²) in [6.07, 6.45) is 0. The number of carbonyl (C=O) groups excluding carboxylic acids is 1. The van der Waals surface area contributed by atoms with Gasteiger partial charge in [0, 0.05) is 24.2 Å². The van der Waals surface area contributed by atoms with Crippen molar-refractivity contribution in [1.82, 2.24) is 15.2 Å². The molecule has 3 rings (SSSR count). The molecule has 1 amide bonds. The van der Waals surface area contributed by atoms with Gasteiger partial charge in [0.25, 0.3) is 0 Å². The average molecular weight is 411 g/mol. The minimum Gasteiger partial charge on any atom is -0.486 e. The Kier molecular flexibility index (Phi) is 7.75. The SMILES string of the molecule is CN(C)CC(=O)Nc1cccc(CNCc2csc(COc3ccccc3)n2)c1. The van der Waals surface area contributed by atoms with E-state index in [1.807, 2.05) is 73.6 Å². The molecule has 0 aliphatic heterocycles. The molecule has 0 aliphatic carbocycles. The lowest BCUT2D eigenvalue weighted by Gasteiger charge is -2.11. The molecule has 0 atom stereocenters. The summed E-state index contributed by atoms with van der Waals surface area (Å²) in [6.45, 7) is 2.22. The number of hydrogen-bond donors (Lipinski definition) is 2. The highest BCUT2D eigenvalue weighted by molar-refractivity contribution is 7.09. The van der Waals surface area contributed by atoms with Crippen molar-refractivity contribution in [3.63, 3.8) is 0 Å². The van der Waals surface area contributed by atoms with Crippen molar-refractivity contribution in [2.45, 2.75) is 19.7 Å². The molecule has 7 heteroatoms. The molecule has 0 unspecified atom stereocenters. The molecule has 0 saturated carbocycles. The first-order chi connectivity index (χ1) is 14.1. The van der Waals surface area contributed by atoms with E-state index in [0.29, 0.717) is 26.2 Å². The number of amides is 1. The third-order valence-electron chi connectivity index (χ3n) is 4.01. The van der Waals surface area contributed by atoms with Crippen LogP contribution in [0.5, 0.6) is 5.75 Å². The van der Waals surface area contributed by atoms with E-state index in [2.05, 4.69) is 21.0 Å². The van der Waals surface area contributed by atoms with E-state index in [1.54, 1.807) is 11.3 Å². The number of aromatic nitrogens is 1. The summed E-state index contributed by atoms with van der Waals surface area (Å²) in [6, 6.07) is 17.6. The molecule has 0 spiro atoms. The highest BCUT2D eigenvalue weighted by Crippen LogP contribution is 2.15. The standard InChI is InChI=1S/C22H26N4O2S/c1-26(2)14-21(27)24-18-8-6-7-17(11-18)12-23-13-19-16-29-22(25-19)15-28-20-9-4-3-5-10-20/h3-11,16,23H,12-15H2,1-2H3,(H,24,27). The van der Waals surface area contributed by atoms with Gasteiger partial charge in [0.05, 0.1) is 12.2 Å². The number of nitrogens with zero attached hydrogens (tertiary/aromatic N) is 2. The van der Waals surface area contributed by atoms with Gasteiger partial charge >= 0.3 is 0 Å². The van der Waals surface area contributed by atoms with Gasteiger partial charge in [-0.25, -0.2) is 4.98 Å². The van der Waals surface area contributed by atoms with Gasteiger partial charge in [-0.05, 0) is 43.9 Å². The van der Waals surface area contributed by atoms with Crippen LogP contribution in [-0.2, 0) is 24.5 Å². The number of rotatable bonds is 10. The van der Waals surface area contributed by atoms with Crippen LogP contribution in [0.4, 0.5) is 5.69 Å². The quantitative estimate of drug-likeness (QED) is 0.535. The fourth-order valence-corrected chi connectivity index (χ4v) is 3.44. The first-order valence-corrected chi connectivity index (χ1v) is 10.3. The normalized spacial score (nSPS) is 10.9. The van der Waals surface area contributed by atoms with Crippen molar-refractivity contribution in [3.8, 4) is 5.75 Å². The lowest BCUT2D eigenvalue weighted by atomic mass is 10.2. The summed E-state index contributed by atoms with van der Waals surface area (Å²) in [5.74, 6) is 0.827. The molecule has 2 aromatic carbocycles. The molecule has 0 radical (unpaired) electrons. The number of carbonyl (C=O) groups is 1. The maximum absolute atomic E-state index is 11.9. The fraction of sp³-hybridized carbons (Fsp3) is 0.273. The van der Waals surface area contributed by atoms with Gasteiger partial charge in [-0.15, -0.1) is 11.3 Å². The molecular formula is C22H26N4O2S. The maximum atomic E-state index is 11.9. The van der Waals surface area contributed by atoms with Gasteiger partial charge in [-0.1, -0.05) is 30.3 Å². The molecule has 0 aliphatic rings. The minimum absolute atomic E-state index is 0.0205. The Labute approximate surface area is 175 Å². The van der Waals surface area contributed by atoms with E-state index in [0.717, 1.165) is 27.7 Å². The van der Waals surface area contributed by atoms with E-state index in [1.165, 1.54) is 0 Å². The third kappa shape index (κ3) is 7.30. The van der Waals surface area contributed by atoms with Crippen molar-refractivity contribution < 1.29 is 9.53 Å². The number of thiazole rings is 1. The molecule has 1 aromatic heterocycles. The molecule has 29 heavy (non-hydrogen) atoms. The zero-order valence-corrected chi connectivity index (χ0v) is 17.5. The van der Waals surface area contributed by atoms with Crippen molar-refractivity contribution in [2.75, 3.05) is 26.0 Å². The Balaban J connectivity index is 1.44. The molecule has 6 nitrogen and oxygen atoms in total. The first kappa shape index (κ1) is 21.0. The van der Waals surface area contributed by atoms with E-state index >= 15 is 0 Å². The van der Waals surface area contributed by atoms with Crippen LogP contribution < -0.4 is 15.4 Å². The smallest absolute Gasteiger partial charge is 0.238 e. The summed E-state index contributed by atoms with van der Waals surface area (Å²) in [4.78, 5) is 18.3. The lowest BCUT2D eigenvalue weighted by molar-refractivity contribution is -0.116. The number of benzene rings is 2. The maximum Gasteiger partial charge on any atom is 0.238 e. The summed E-state index contributed by atoms with van der Waals surface area (Å²) in [5, 5.41) is 9.32. The molecule has 0 fully saturated rings. The number of ether oxygens (including phenoxy) is 1. The van der Waals surface area contributed by atoms with Crippen LogP contribution in [0, 0.1) is 0 Å². The summed E-state index contributed by atoms with van der Waals surface area (Å²) in [5.41, 5.74) is 2.91. The second-order valence-electron chi connectivity index (χ2n) is 6.92. The summed E-state index contributed by atoms with van der Waals surface area (Å²) >= 11 is 1.60. The Bertz CT molecular complexity index is 912. The predicted molar refractivity (Wildman–Crippen MR) is 117 cm³/mol. The molecule has 0 bridgehead atoms. The zero-order chi connectivity index (χ0) is 20.5. The Morgan fingerprint density at radius 1 is 1.10 bits per heavy atom. The zero-order valence-electron chi connectivity index (χ0n) is 16.7. The fourth-order valence-electron chi connectivity index (χ4n) is 2.74. The number of anilines is 1. The monoisotopic (exact) mass is 410 g/mol. The minimum atomic E-state index is -0.0205. The number of para-hydroxylation sites is 1. The Morgan fingerprint density at radius 2 is 1.93 bits per heavy atom. The second kappa shape index (κ2) is 10.7. The topological polar surface area (TPSA) is 66.5 Å². The van der Waals surface area contributed by atoms with Crippen LogP contribution in [0.15, 0.2) is 60.0 Å². The van der Waals surface area contributed by atoms with Crippen LogP contribution in [-0.4, -0.2) is 36.4 Å². The molecule has 1 heterocycles. The molecular weight excluding hydrogens is 384 g/mol. The number of nitrogens with one attached hydrogen (secondary N) is 2. The Hall–Kier alpha value is -2.74. The molecule has 0 saturated heterocycles. The van der Waals surface area contributed by atoms with Crippen LogP contribution in [0.3, 0.4) is 0 Å². The first-order valence-electron chi connectivity index (χ1n) is 9.44. The summed E-state index contributed by atoms with van der Waals surface area (Å²) < 4.78 is 5.74. The number of likely N-dealkylation sites (N-methyl/N-ethyl adjacent to an activating group) is 1. The second-order valence-corrected chi connectivity index (χ2v) is 7.87. The van der Waals surface area contributed by atoms with Gasteiger partial charge in [0.2, 0.25) is 5.91 Å². The van der Waals surface area contributed by atoms with Gasteiger partial charge in [-0.3, -0.25) is 4.79 Å². The van der Waals surface area contributed by atoms with Gasteiger partial charge in [0.1, 0.15) is 17.4 Å². The Morgan fingerprint density at radius 3 is 2.72 bits per heavy atom. The van der Waals surface area contributed by atoms with Crippen molar-refractivity contribution >= 4 is 22.9 Å². The largest absolute Gasteiger partial charge is 0.486 e. The van der Waals surface area contributed by atoms with Crippen LogP contribution >= 0.6 is 11.3 Å². The van der Waals surface area contributed by atoms with E-state index in [4.69, 9.17) is 4.74 Å². The van der Waals surface area contributed by atoms with E-state index in [-0.39, 0.29) is 5.91 Å². The van der Waals surface area contributed by atoms with Gasteiger partial charge in [0.15, 0.2) is 0 Å². The van der Waals surface area contributed by atoms with Crippen LogP contribution in [0.25, 0.3) is 0 Å². The van der Waals surface area contributed by atoms with Gasteiger partial charge in [-0.2, -0.15) is 0 Å². The predicted octanol–water partition coefficient (Wildman–Crippen LogP) is 3.51. The van der Waals surface area contributed by atoms with Crippen LogP contribution in [0.1, 0.15) is 16.3 Å². The molecule has 152 valence electrons. The highest BCUT2D eigenvalue weighted by Gasteiger charge is 2.05. The molecule has 3 aromatic rings.